The van der Waals surface area contributed by atoms with Crippen LogP contribution in [0.2, 0.25) is 0 Å². The maximum absolute atomic E-state index is 12.3. The van der Waals surface area contributed by atoms with Crippen molar-refractivity contribution >= 4 is 39.1 Å². The standard InChI is InChI=1S/C18H18Cl2O4S/c1-14-8-10-16(11-9-14)25(22,23)24-13-5-12-18(19,20)17(21)15-6-3-2-4-7-15/h2-4,6-11H,5,12-13H2,1H3. The molecule has 25 heavy (non-hydrogen) atoms. The smallest absolute Gasteiger partial charge is 0.291 e. The van der Waals surface area contributed by atoms with Crippen molar-refractivity contribution in [3.8, 4) is 0 Å². The molecule has 7 heteroatoms. The fourth-order valence-corrected chi connectivity index (χ4v) is 3.58. The van der Waals surface area contributed by atoms with Gasteiger partial charge in [-0.25, -0.2) is 0 Å². The zero-order chi connectivity index (χ0) is 18.5. The second kappa shape index (κ2) is 8.32. The molecule has 0 saturated carbocycles. The van der Waals surface area contributed by atoms with E-state index in [2.05, 4.69) is 0 Å². The molecule has 0 spiro atoms. The fourth-order valence-electron chi connectivity index (χ4n) is 2.15. The minimum atomic E-state index is -3.84. The summed E-state index contributed by atoms with van der Waals surface area (Å²) < 4.78 is 27.5. The van der Waals surface area contributed by atoms with Crippen molar-refractivity contribution in [3.05, 3.63) is 65.7 Å². The van der Waals surface area contributed by atoms with E-state index in [9.17, 15) is 13.2 Å². The minimum absolute atomic E-state index is 0.0766. The van der Waals surface area contributed by atoms with Crippen LogP contribution in [-0.2, 0) is 14.3 Å². The van der Waals surface area contributed by atoms with Crippen molar-refractivity contribution in [2.24, 2.45) is 0 Å². The molecule has 0 fully saturated rings. The third-order valence-electron chi connectivity index (χ3n) is 3.55. The number of carbonyl (C=O) groups excluding carboxylic acids is 1. The van der Waals surface area contributed by atoms with Gasteiger partial charge in [0, 0.05) is 5.56 Å². The highest BCUT2D eigenvalue weighted by molar-refractivity contribution is 7.86. The van der Waals surface area contributed by atoms with Gasteiger partial charge in [-0.05, 0) is 31.9 Å². The Morgan fingerprint density at radius 3 is 2.24 bits per heavy atom. The van der Waals surface area contributed by atoms with Gasteiger partial charge >= 0.3 is 0 Å². The summed E-state index contributed by atoms with van der Waals surface area (Å²) in [4.78, 5) is 12.4. The highest BCUT2D eigenvalue weighted by atomic mass is 35.5. The number of Topliss-reactive ketones (excluding diaryl/α,β-unsaturated/α-hetero) is 1. The second-order valence-electron chi connectivity index (χ2n) is 5.59. The highest BCUT2D eigenvalue weighted by Crippen LogP contribution is 2.31. The molecule has 0 saturated heterocycles. The van der Waals surface area contributed by atoms with Crippen LogP contribution in [0.4, 0.5) is 0 Å². The van der Waals surface area contributed by atoms with Crippen molar-refractivity contribution in [1.29, 1.82) is 0 Å². The third kappa shape index (κ3) is 5.54. The maximum Gasteiger partial charge on any atom is 0.296 e. The quantitative estimate of drug-likeness (QED) is 0.282. The Bertz CT molecular complexity index is 816. The molecule has 0 bridgehead atoms. The number of halogens is 2. The molecule has 0 aromatic heterocycles. The van der Waals surface area contributed by atoms with Crippen LogP contribution in [-0.4, -0.2) is 25.1 Å². The van der Waals surface area contributed by atoms with Crippen molar-refractivity contribution < 1.29 is 17.4 Å². The summed E-state index contributed by atoms with van der Waals surface area (Å²) >= 11 is 12.2. The monoisotopic (exact) mass is 400 g/mol. The van der Waals surface area contributed by atoms with E-state index in [0.717, 1.165) is 5.56 Å². The van der Waals surface area contributed by atoms with Gasteiger partial charge in [0.25, 0.3) is 10.1 Å². The molecule has 2 rings (SSSR count). The van der Waals surface area contributed by atoms with E-state index < -0.39 is 20.2 Å². The molecule has 2 aromatic rings. The van der Waals surface area contributed by atoms with Crippen molar-refractivity contribution in [2.75, 3.05) is 6.61 Å². The van der Waals surface area contributed by atoms with Gasteiger partial charge in [-0.15, -0.1) is 0 Å². The van der Waals surface area contributed by atoms with Gasteiger partial charge < -0.3 is 0 Å². The lowest BCUT2D eigenvalue weighted by Crippen LogP contribution is -2.26. The van der Waals surface area contributed by atoms with Crippen LogP contribution in [0.1, 0.15) is 28.8 Å². The van der Waals surface area contributed by atoms with Gasteiger partial charge in [-0.2, -0.15) is 8.42 Å². The number of hydrogen-bond donors (Lipinski definition) is 0. The number of alkyl halides is 2. The summed E-state index contributed by atoms with van der Waals surface area (Å²) in [6, 6.07) is 14.8. The number of hydrogen-bond acceptors (Lipinski definition) is 4. The third-order valence-corrected chi connectivity index (χ3v) is 5.60. The lowest BCUT2D eigenvalue weighted by molar-refractivity contribution is 0.0966. The van der Waals surface area contributed by atoms with E-state index in [1.165, 1.54) is 12.1 Å². The largest absolute Gasteiger partial charge is 0.296 e. The average Bonchev–Trinajstić information content (AvgIpc) is 2.59. The molecule has 134 valence electrons. The molecule has 0 aliphatic heterocycles. The number of rotatable bonds is 8. The first-order chi connectivity index (χ1) is 11.7. The average molecular weight is 401 g/mol. The molecular weight excluding hydrogens is 383 g/mol. The number of aryl methyl sites for hydroxylation is 1. The molecule has 0 aliphatic carbocycles. The summed E-state index contributed by atoms with van der Waals surface area (Å²) in [6.07, 6.45) is 0.296. The van der Waals surface area contributed by atoms with Gasteiger partial charge in [0.2, 0.25) is 0 Å². The van der Waals surface area contributed by atoms with Crippen LogP contribution in [0.25, 0.3) is 0 Å². The van der Waals surface area contributed by atoms with Crippen LogP contribution in [0.15, 0.2) is 59.5 Å². The molecule has 0 heterocycles. The first-order valence-electron chi connectivity index (χ1n) is 7.66. The minimum Gasteiger partial charge on any atom is -0.291 e. The normalized spacial score (nSPS) is 12.1. The SMILES string of the molecule is Cc1ccc(S(=O)(=O)OCCCC(Cl)(Cl)C(=O)c2ccccc2)cc1. The predicted octanol–water partition coefficient (Wildman–Crippen LogP) is 4.54. The Morgan fingerprint density at radius 1 is 1.04 bits per heavy atom. The molecule has 0 amide bonds. The first kappa shape index (κ1) is 19.9. The van der Waals surface area contributed by atoms with Crippen LogP contribution >= 0.6 is 23.2 Å². The lowest BCUT2D eigenvalue weighted by atomic mass is 10.0. The lowest BCUT2D eigenvalue weighted by Gasteiger charge is -2.18. The molecule has 0 atom stereocenters. The van der Waals surface area contributed by atoms with Crippen LogP contribution in [0.3, 0.4) is 0 Å². The maximum atomic E-state index is 12.3. The molecule has 4 nitrogen and oxygen atoms in total. The van der Waals surface area contributed by atoms with E-state index >= 15 is 0 Å². The molecule has 2 aromatic carbocycles. The summed E-state index contributed by atoms with van der Waals surface area (Å²) in [5.74, 6) is -0.419. The zero-order valence-corrected chi connectivity index (χ0v) is 15.9. The number of carbonyl (C=O) groups is 1. The Balaban J connectivity index is 1.89. The fraction of sp³-hybridized carbons (Fsp3) is 0.278. The Morgan fingerprint density at radius 2 is 1.64 bits per heavy atom. The Kier molecular flexibility index (Phi) is 6.63. The van der Waals surface area contributed by atoms with Crippen LogP contribution < -0.4 is 0 Å². The van der Waals surface area contributed by atoms with E-state index in [0.29, 0.717) is 5.56 Å². The summed E-state index contributed by atoms with van der Waals surface area (Å²) in [5.41, 5.74) is 1.35. The zero-order valence-electron chi connectivity index (χ0n) is 13.6. The Labute approximate surface area is 157 Å². The Hall–Kier alpha value is -1.40. The topological polar surface area (TPSA) is 60.4 Å². The van der Waals surface area contributed by atoms with Gasteiger partial charge in [-0.1, -0.05) is 71.2 Å². The van der Waals surface area contributed by atoms with E-state index in [-0.39, 0.29) is 24.3 Å². The summed E-state index contributed by atoms with van der Waals surface area (Å²) in [7, 11) is -3.84. The summed E-state index contributed by atoms with van der Waals surface area (Å²) in [5, 5.41) is 0. The van der Waals surface area contributed by atoms with E-state index in [1.807, 2.05) is 6.92 Å². The molecule has 0 N–H and O–H groups in total. The molecule has 0 unspecified atom stereocenters. The number of ketones is 1. The van der Waals surface area contributed by atoms with Crippen molar-refractivity contribution in [3.63, 3.8) is 0 Å². The first-order valence-corrected chi connectivity index (χ1v) is 9.82. The number of benzene rings is 2. The van der Waals surface area contributed by atoms with Gasteiger partial charge in [0.15, 0.2) is 10.1 Å². The van der Waals surface area contributed by atoms with Gasteiger partial charge in [-0.3, -0.25) is 8.98 Å². The van der Waals surface area contributed by atoms with Crippen molar-refractivity contribution in [1.82, 2.24) is 0 Å². The van der Waals surface area contributed by atoms with Gasteiger partial charge in [0.05, 0.1) is 11.5 Å². The molecular formula is C18H18Cl2O4S. The second-order valence-corrected chi connectivity index (χ2v) is 8.69. The van der Waals surface area contributed by atoms with Gasteiger partial charge in [0.1, 0.15) is 0 Å². The van der Waals surface area contributed by atoms with Crippen LogP contribution in [0, 0.1) is 6.92 Å². The molecule has 0 radical (unpaired) electrons. The molecule has 0 aliphatic rings. The van der Waals surface area contributed by atoms with Crippen molar-refractivity contribution in [2.45, 2.75) is 29.0 Å². The highest BCUT2D eigenvalue weighted by Gasteiger charge is 2.33. The van der Waals surface area contributed by atoms with E-state index in [1.54, 1.807) is 42.5 Å². The summed E-state index contributed by atoms with van der Waals surface area (Å²) in [6.45, 7) is 1.75. The van der Waals surface area contributed by atoms with E-state index in [4.69, 9.17) is 27.4 Å². The van der Waals surface area contributed by atoms with Crippen LogP contribution in [0.5, 0.6) is 0 Å². The predicted molar refractivity (Wildman–Crippen MR) is 98.8 cm³/mol.